The third-order valence-corrected chi connectivity index (χ3v) is 3.02. The van der Waals surface area contributed by atoms with Crippen molar-refractivity contribution in [1.82, 2.24) is 19.6 Å². The van der Waals surface area contributed by atoms with E-state index in [0.29, 0.717) is 11.6 Å². The van der Waals surface area contributed by atoms with Crippen LogP contribution in [0, 0.1) is 0 Å². The van der Waals surface area contributed by atoms with E-state index in [0.717, 1.165) is 18.4 Å². The first-order chi connectivity index (χ1) is 8.29. The smallest absolute Gasteiger partial charge is 0.224 e. The van der Waals surface area contributed by atoms with Gasteiger partial charge in [0.2, 0.25) is 5.95 Å². The number of fused-ring (bicyclic) bond motifs is 1. The van der Waals surface area contributed by atoms with Crippen LogP contribution in [0.2, 0.25) is 0 Å². The van der Waals surface area contributed by atoms with Gasteiger partial charge in [0.25, 0.3) is 0 Å². The van der Waals surface area contributed by atoms with E-state index >= 15 is 0 Å². The Kier molecular flexibility index (Phi) is 2.41. The second-order valence-corrected chi connectivity index (χ2v) is 4.07. The number of aliphatic hydroxyl groups is 1. The average molecular weight is 235 g/mol. The molecule has 0 spiro atoms. The van der Waals surface area contributed by atoms with Crippen LogP contribution in [0.3, 0.4) is 0 Å². The number of aliphatic hydroxyl groups excluding tert-OH is 1. The highest BCUT2D eigenvalue weighted by molar-refractivity contribution is 5.50. The van der Waals surface area contributed by atoms with Gasteiger partial charge >= 0.3 is 0 Å². The lowest BCUT2D eigenvalue weighted by molar-refractivity contribution is 0.0115. The van der Waals surface area contributed by atoms with E-state index in [-0.39, 0.29) is 18.8 Å². The molecule has 7 heteroatoms. The first kappa shape index (κ1) is 10.4. The molecule has 3 N–H and O–H groups in total. The van der Waals surface area contributed by atoms with Crippen molar-refractivity contribution in [3.05, 3.63) is 18.1 Å². The molecule has 2 aromatic rings. The predicted molar refractivity (Wildman–Crippen MR) is 59.1 cm³/mol. The molecule has 1 aliphatic rings. The SMILES string of the molecule is Nc1ncnc2c([C@@H]3CC[C@@H](CO)O3)cnn12. The monoisotopic (exact) mass is 235 g/mol. The van der Waals surface area contributed by atoms with E-state index in [1.165, 1.54) is 10.8 Å². The van der Waals surface area contributed by atoms with Gasteiger partial charge in [0, 0.05) is 5.56 Å². The first-order valence-electron chi connectivity index (χ1n) is 5.50. The molecule has 2 atom stereocenters. The Bertz CT molecular complexity index is 540. The van der Waals surface area contributed by atoms with Crippen molar-refractivity contribution in [2.75, 3.05) is 12.3 Å². The van der Waals surface area contributed by atoms with Crippen LogP contribution < -0.4 is 5.73 Å². The summed E-state index contributed by atoms with van der Waals surface area (Å²) in [6, 6.07) is 0. The van der Waals surface area contributed by atoms with Crippen molar-refractivity contribution in [1.29, 1.82) is 0 Å². The molecule has 90 valence electrons. The van der Waals surface area contributed by atoms with Gasteiger partial charge in [0.15, 0.2) is 5.65 Å². The summed E-state index contributed by atoms with van der Waals surface area (Å²) in [5.41, 5.74) is 7.26. The van der Waals surface area contributed by atoms with Crippen LogP contribution in [0.5, 0.6) is 0 Å². The molecule has 1 aliphatic heterocycles. The lowest BCUT2D eigenvalue weighted by Crippen LogP contribution is -2.11. The number of nitrogen functional groups attached to an aromatic ring is 1. The minimum Gasteiger partial charge on any atom is -0.394 e. The summed E-state index contributed by atoms with van der Waals surface area (Å²) in [4.78, 5) is 8.03. The molecular formula is C10H13N5O2. The van der Waals surface area contributed by atoms with E-state index in [9.17, 15) is 0 Å². The minimum atomic E-state index is -0.0888. The third-order valence-electron chi connectivity index (χ3n) is 3.02. The van der Waals surface area contributed by atoms with E-state index in [1.807, 2.05) is 0 Å². The molecule has 0 amide bonds. The zero-order valence-corrected chi connectivity index (χ0v) is 9.15. The van der Waals surface area contributed by atoms with Crippen LogP contribution in [0.25, 0.3) is 5.65 Å². The highest BCUT2D eigenvalue weighted by Gasteiger charge is 2.28. The third kappa shape index (κ3) is 1.63. The Balaban J connectivity index is 1.99. The standard InChI is InChI=1S/C10H13N5O2/c11-10-13-5-12-9-7(3-14-15(9)10)8-2-1-6(4-16)17-8/h3,5-6,8,16H,1-2,4H2,(H2,11,12,13)/t6-,8-/m0/s1. The molecule has 1 fully saturated rings. The van der Waals surface area contributed by atoms with Crippen molar-refractivity contribution in [3.63, 3.8) is 0 Å². The Morgan fingerprint density at radius 3 is 3.12 bits per heavy atom. The van der Waals surface area contributed by atoms with Gasteiger partial charge in [-0.1, -0.05) is 0 Å². The van der Waals surface area contributed by atoms with Crippen LogP contribution >= 0.6 is 0 Å². The van der Waals surface area contributed by atoms with Crippen molar-refractivity contribution < 1.29 is 9.84 Å². The number of hydrogen-bond acceptors (Lipinski definition) is 6. The van der Waals surface area contributed by atoms with Gasteiger partial charge < -0.3 is 15.6 Å². The molecule has 1 saturated heterocycles. The van der Waals surface area contributed by atoms with E-state index in [1.54, 1.807) is 6.20 Å². The number of hydrogen-bond donors (Lipinski definition) is 2. The fraction of sp³-hybridized carbons (Fsp3) is 0.500. The second kappa shape index (κ2) is 3.94. The zero-order chi connectivity index (χ0) is 11.8. The van der Waals surface area contributed by atoms with Crippen molar-refractivity contribution in [3.8, 4) is 0 Å². The van der Waals surface area contributed by atoms with Gasteiger partial charge in [-0.3, -0.25) is 0 Å². The number of rotatable bonds is 2. The van der Waals surface area contributed by atoms with Crippen molar-refractivity contribution in [2.24, 2.45) is 0 Å². The normalized spacial score (nSPS) is 24.5. The molecule has 0 unspecified atom stereocenters. The fourth-order valence-corrected chi connectivity index (χ4v) is 2.14. The molecule has 0 radical (unpaired) electrons. The molecular weight excluding hydrogens is 222 g/mol. The van der Waals surface area contributed by atoms with Gasteiger partial charge in [-0.05, 0) is 12.8 Å². The van der Waals surface area contributed by atoms with Gasteiger partial charge in [-0.2, -0.15) is 9.61 Å². The lowest BCUT2D eigenvalue weighted by Gasteiger charge is -2.10. The highest BCUT2D eigenvalue weighted by Crippen LogP contribution is 2.34. The quantitative estimate of drug-likeness (QED) is 0.755. The molecule has 3 heterocycles. The first-order valence-corrected chi connectivity index (χ1v) is 5.50. The number of anilines is 1. The molecule has 0 saturated carbocycles. The van der Waals surface area contributed by atoms with Gasteiger partial charge in [-0.15, -0.1) is 0 Å². The predicted octanol–water partition coefficient (Wildman–Crippen LogP) is -0.0811. The summed E-state index contributed by atoms with van der Waals surface area (Å²) in [7, 11) is 0. The van der Waals surface area contributed by atoms with E-state index in [4.69, 9.17) is 15.6 Å². The van der Waals surface area contributed by atoms with Gasteiger partial charge in [0.05, 0.1) is 25.0 Å². The van der Waals surface area contributed by atoms with Crippen molar-refractivity contribution >= 4 is 11.6 Å². The Morgan fingerprint density at radius 1 is 1.47 bits per heavy atom. The van der Waals surface area contributed by atoms with E-state index in [2.05, 4.69) is 15.1 Å². The van der Waals surface area contributed by atoms with Crippen molar-refractivity contribution in [2.45, 2.75) is 25.0 Å². The summed E-state index contributed by atoms with van der Waals surface area (Å²) in [5, 5.41) is 13.2. The number of nitrogens with two attached hydrogens (primary N) is 1. The molecule has 2 aromatic heterocycles. The number of nitrogens with zero attached hydrogens (tertiary/aromatic N) is 4. The Hall–Kier alpha value is -1.73. The summed E-state index contributed by atoms with van der Waals surface area (Å²) in [5.74, 6) is 0.304. The number of aromatic nitrogens is 4. The molecule has 0 aromatic carbocycles. The molecule has 0 bridgehead atoms. The molecule has 7 nitrogen and oxygen atoms in total. The number of ether oxygens (including phenoxy) is 1. The van der Waals surface area contributed by atoms with Crippen LogP contribution in [0.4, 0.5) is 5.95 Å². The molecule has 17 heavy (non-hydrogen) atoms. The molecule has 0 aliphatic carbocycles. The summed E-state index contributed by atoms with van der Waals surface area (Å²) in [6.07, 6.45) is 4.65. The van der Waals surface area contributed by atoms with Crippen LogP contribution in [-0.4, -0.2) is 37.4 Å². The van der Waals surface area contributed by atoms with E-state index < -0.39 is 0 Å². The highest BCUT2D eigenvalue weighted by atomic mass is 16.5. The fourth-order valence-electron chi connectivity index (χ4n) is 2.14. The maximum absolute atomic E-state index is 9.05. The maximum atomic E-state index is 9.05. The van der Waals surface area contributed by atoms with Gasteiger partial charge in [0.1, 0.15) is 6.33 Å². The van der Waals surface area contributed by atoms with Crippen LogP contribution in [0.1, 0.15) is 24.5 Å². The maximum Gasteiger partial charge on any atom is 0.224 e. The summed E-state index contributed by atoms with van der Waals surface area (Å²) >= 11 is 0. The summed E-state index contributed by atoms with van der Waals surface area (Å²) < 4.78 is 7.19. The van der Waals surface area contributed by atoms with Crippen LogP contribution in [-0.2, 0) is 4.74 Å². The Labute approximate surface area is 97.2 Å². The van der Waals surface area contributed by atoms with Gasteiger partial charge in [-0.25, -0.2) is 9.97 Å². The minimum absolute atomic E-state index is 0.0484. The topological polar surface area (TPSA) is 98.6 Å². The average Bonchev–Trinajstić information content (AvgIpc) is 2.94. The lowest BCUT2D eigenvalue weighted by atomic mass is 10.1. The largest absolute Gasteiger partial charge is 0.394 e. The molecule has 3 rings (SSSR count). The second-order valence-electron chi connectivity index (χ2n) is 4.07. The van der Waals surface area contributed by atoms with Crippen LogP contribution in [0.15, 0.2) is 12.5 Å². The Morgan fingerprint density at radius 2 is 2.35 bits per heavy atom. The summed E-state index contributed by atoms with van der Waals surface area (Å²) in [6.45, 7) is 0.0484. The zero-order valence-electron chi connectivity index (χ0n) is 9.15.